The van der Waals surface area contributed by atoms with E-state index in [1.165, 1.54) is 48.5 Å². The SMILES string of the molecule is CC(C)CN(C[C@@H](O)[C@H](Cc1ccccc1)NC(=O)O)S(=O)(=O)c1ccc(-c2noc(-c3ccc([N+](=O)[O-])cc3)n2)cc1. The molecule has 0 spiro atoms. The van der Waals surface area contributed by atoms with Crippen LogP contribution in [-0.2, 0) is 16.4 Å². The van der Waals surface area contributed by atoms with E-state index in [0.29, 0.717) is 11.1 Å². The number of hydrogen-bond donors (Lipinski definition) is 3. The summed E-state index contributed by atoms with van der Waals surface area (Å²) in [6.07, 6.45) is -2.49. The Balaban J connectivity index is 1.53. The number of carboxylic acid groups (broad SMARTS) is 1. The Morgan fingerprint density at radius 3 is 2.21 bits per heavy atom. The third kappa shape index (κ3) is 8.00. The van der Waals surface area contributed by atoms with Gasteiger partial charge in [0.25, 0.3) is 11.6 Å². The summed E-state index contributed by atoms with van der Waals surface area (Å²) in [7, 11) is -4.10. The standard InChI is InChI=1S/C29H31N5O8S/c1-19(2)17-33(18-26(35)25(30-29(36)37)16-20-6-4-3-5-7-20)43(40,41)24-14-10-21(11-15-24)27-31-28(42-32-27)22-8-12-23(13-9-22)34(38)39/h3-15,19,25-26,30,35H,16-18H2,1-2H3,(H,36,37)/t25-,26+/m0/s1. The van der Waals surface area contributed by atoms with E-state index in [2.05, 4.69) is 15.5 Å². The minimum Gasteiger partial charge on any atom is -0.465 e. The molecule has 3 aromatic carbocycles. The molecule has 226 valence electrons. The van der Waals surface area contributed by atoms with E-state index >= 15 is 0 Å². The van der Waals surface area contributed by atoms with Gasteiger partial charge < -0.3 is 20.1 Å². The van der Waals surface area contributed by atoms with Crippen molar-refractivity contribution >= 4 is 21.8 Å². The van der Waals surface area contributed by atoms with E-state index in [1.807, 2.05) is 19.9 Å². The second kappa shape index (κ2) is 13.5. The summed E-state index contributed by atoms with van der Waals surface area (Å²) in [4.78, 5) is 26.1. The lowest BCUT2D eigenvalue weighted by Crippen LogP contribution is -2.50. The van der Waals surface area contributed by atoms with E-state index in [0.717, 1.165) is 9.87 Å². The number of sulfonamides is 1. The maximum atomic E-state index is 13.7. The van der Waals surface area contributed by atoms with Crippen molar-refractivity contribution in [3.8, 4) is 22.8 Å². The van der Waals surface area contributed by atoms with Crippen LogP contribution in [0.25, 0.3) is 22.8 Å². The van der Waals surface area contributed by atoms with Crippen LogP contribution >= 0.6 is 0 Å². The van der Waals surface area contributed by atoms with Crippen molar-refractivity contribution in [3.05, 3.63) is 94.5 Å². The van der Waals surface area contributed by atoms with Crippen LogP contribution in [0.15, 0.2) is 88.3 Å². The molecule has 0 unspecified atom stereocenters. The molecule has 0 bridgehead atoms. The van der Waals surface area contributed by atoms with Crippen molar-refractivity contribution < 1.29 is 32.9 Å². The number of carbonyl (C=O) groups is 1. The number of rotatable bonds is 13. The number of nitro groups is 1. The van der Waals surface area contributed by atoms with Gasteiger partial charge in [-0.05, 0) is 54.3 Å². The molecule has 0 saturated carbocycles. The van der Waals surface area contributed by atoms with Crippen LogP contribution in [0.5, 0.6) is 0 Å². The Morgan fingerprint density at radius 1 is 1.00 bits per heavy atom. The molecular formula is C29H31N5O8S. The molecule has 4 rings (SSSR count). The molecule has 0 aliphatic heterocycles. The van der Waals surface area contributed by atoms with Crippen LogP contribution in [0.2, 0.25) is 0 Å². The van der Waals surface area contributed by atoms with Crippen LogP contribution in [0.3, 0.4) is 0 Å². The summed E-state index contributed by atoms with van der Waals surface area (Å²) in [6.45, 7) is 3.45. The van der Waals surface area contributed by atoms with Gasteiger partial charge in [-0.3, -0.25) is 10.1 Å². The van der Waals surface area contributed by atoms with Crippen LogP contribution in [-0.4, -0.2) is 69.3 Å². The van der Waals surface area contributed by atoms with Crippen molar-refractivity contribution in [2.24, 2.45) is 5.92 Å². The highest BCUT2D eigenvalue weighted by atomic mass is 32.2. The number of nitrogens with zero attached hydrogens (tertiary/aromatic N) is 4. The smallest absolute Gasteiger partial charge is 0.404 e. The van der Waals surface area contributed by atoms with Gasteiger partial charge >= 0.3 is 6.09 Å². The van der Waals surface area contributed by atoms with Crippen molar-refractivity contribution in [1.82, 2.24) is 19.8 Å². The number of benzene rings is 3. The number of aromatic nitrogens is 2. The molecule has 0 saturated heterocycles. The topological polar surface area (TPSA) is 189 Å². The first kappa shape index (κ1) is 31.3. The lowest BCUT2D eigenvalue weighted by atomic mass is 10.0. The van der Waals surface area contributed by atoms with Gasteiger partial charge in [0.2, 0.25) is 15.8 Å². The predicted octanol–water partition coefficient (Wildman–Crippen LogP) is 4.20. The number of non-ortho nitro benzene ring substituents is 1. The lowest BCUT2D eigenvalue weighted by Gasteiger charge is -2.30. The Labute approximate surface area is 248 Å². The molecule has 13 nitrogen and oxygen atoms in total. The molecule has 1 aromatic heterocycles. The highest BCUT2D eigenvalue weighted by Gasteiger charge is 2.31. The summed E-state index contributed by atoms with van der Waals surface area (Å²) >= 11 is 0. The van der Waals surface area contributed by atoms with E-state index in [-0.39, 0.29) is 47.7 Å². The number of aliphatic hydroxyl groups excluding tert-OH is 1. The van der Waals surface area contributed by atoms with E-state index in [4.69, 9.17) is 4.52 Å². The first-order chi connectivity index (χ1) is 20.4. The Kier molecular flexibility index (Phi) is 9.85. The van der Waals surface area contributed by atoms with Gasteiger partial charge in [0.15, 0.2) is 0 Å². The van der Waals surface area contributed by atoms with Crippen LogP contribution in [0.4, 0.5) is 10.5 Å². The summed E-state index contributed by atoms with van der Waals surface area (Å²) in [5, 5.41) is 37.5. The molecule has 0 aliphatic carbocycles. The third-order valence-corrected chi connectivity index (χ3v) is 8.38. The minimum absolute atomic E-state index is 0.0333. The number of nitrogens with one attached hydrogen (secondary N) is 1. The summed E-state index contributed by atoms with van der Waals surface area (Å²) in [5.41, 5.74) is 1.66. The number of hydrogen-bond acceptors (Lipinski definition) is 9. The first-order valence-electron chi connectivity index (χ1n) is 13.3. The highest BCUT2D eigenvalue weighted by molar-refractivity contribution is 7.89. The number of nitro benzene ring substituents is 1. The van der Waals surface area contributed by atoms with Gasteiger partial charge in [-0.1, -0.05) is 49.3 Å². The van der Waals surface area contributed by atoms with Gasteiger partial charge in [-0.15, -0.1) is 0 Å². The summed E-state index contributed by atoms with van der Waals surface area (Å²) in [6, 6.07) is 19.5. The average Bonchev–Trinajstić information content (AvgIpc) is 3.47. The molecule has 43 heavy (non-hydrogen) atoms. The van der Waals surface area contributed by atoms with Crippen LogP contribution in [0.1, 0.15) is 19.4 Å². The highest BCUT2D eigenvalue weighted by Crippen LogP contribution is 2.26. The van der Waals surface area contributed by atoms with Gasteiger partial charge in [-0.25, -0.2) is 13.2 Å². The largest absolute Gasteiger partial charge is 0.465 e. The predicted molar refractivity (Wildman–Crippen MR) is 157 cm³/mol. The van der Waals surface area contributed by atoms with E-state index < -0.39 is 33.2 Å². The van der Waals surface area contributed by atoms with Crippen LogP contribution < -0.4 is 5.32 Å². The van der Waals surface area contributed by atoms with Crippen molar-refractivity contribution in [2.45, 2.75) is 37.3 Å². The molecule has 14 heteroatoms. The summed E-state index contributed by atoms with van der Waals surface area (Å²) in [5.74, 6) is 0.243. The molecule has 0 aliphatic rings. The maximum Gasteiger partial charge on any atom is 0.404 e. The normalized spacial score (nSPS) is 13.1. The average molecular weight is 610 g/mol. The maximum absolute atomic E-state index is 13.7. The Morgan fingerprint density at radius 2 is 1.63 bits per heavy atom. The molecule has 0 radical (unpaired) electrons. The molecule has 4 aromatic rings. The molecule has 2 atom stereocenters. The zero-order valence-electron chi connectivity index (χ0n) is 23.4. The molecule has 1 heterocycles. The van der Waals surface area contributed by atoms with Gasteiger partial charge in [0.05, 0.1) is 22.0 Å². The fourth-order valence-corrected chi connectivity index (χ4v) is 6.05. The molecular weight excluding hydrogens is 578 g/mol. The quantitative estimate of drug-likeness (QED) is 0.146. The van der Waals surface area contributed by atoms with Gasteiger partial charge in [0.1, 0.15) is 0 Å². The fraction of sp³-hybridized carbons (Fsp3) is 0.276. The van der Waals surface area contributed by atoms with Crippen molar-refractivity contribution in [2.75, 3.05) is 13.1 Å². The first-order valence-corrected chi connectivity index (χ1v) is 14.8. The Bertz CT molecular complexity index is 1640. The monoisotopic (exact) mass is 609 g/mol. The van der Waals surface area contributed by atoms with Gasteiger partial charge in [-0.2, -0.15) is 9.29 Å². The zero-order valence-corrected chi connectivity index (χ0v) is 24.2. The van der Waals surface area contributed by atoms with E-state index in [9.17, 15) is 33.5 Å². The van der Waals surface area contributed by atoms with Gasteiger partial charge in [0, 0.05) is 36.3 Å². The van der Waals surface area contributed by atoms with Crippen molar-refractivity contribution in [3.63, 3.8) is 0 Å². The zero-order chi connectivity index (χ0) is 31.1. The Hall–Kier alpha value is -4.66. The minimum atomic E-state index is -4.10. The second-order valence-corrected chi connectivity index (χ2v) is 12.2. The number of amides is 1. The second-order valence-electron chi connectivity index (χ2n) is 10.3. The number of aliphatic hydroxyl groups is 1. The van der Waals surface area contributed by atoms with E-state index in [1.54, 1.807) is 24.3 Å². The molecule has 1 amide bonds. The fourth-order valence-electron chi connectivity index (χ4n) is 4.43. The molecule has 3 N–H and O–H groups in total. The van der Waals surface area contributed by atoms with Crippen molar-refractivity contribution in [1.29, 1.82) is 0 Å². The van der Waals surface area contributed by atoms with Crippen LogP contribution in [0, 0.1) is 16.0 Å². The molecule has 0 fully saturated rings. The lowest BCUT2D eigenvalue weighted by molar-refractivity contribution is -0.384. The third-order valence-electron chi connectivity index (χ3n) is 6.53. The summed E-state index contributed by atoms with van der Waals surface area (Å²) < 4.78 is 33.8.